The Morgan fingerprint density at radius 1 is 1.16 bits per heavy atom. The number of carbonyl (C=O) groups is 1. The number of alkyl halides is 3. The van der Waals surface area contributed by atoms with Gasteiger partial charge >= 0.3 is 12.1 Å². The van der Waals surface area contributed by atoms with E-state index in [0.29, 0.717) is 22.1 Å². The second-order valence-corrected chi connectivity index (χ2v) is 9.42. The van der Waals surface area contributed by atoms with Crippen LogP contribution in [0.25, 0.3) is 10.6 Å². The number of halogens is 3. The maximum Gasteiger partial charge on any atom is 0.416 e. The van der Waals surface area contributed by atoms with E-state index in [-0.39, 0.29) is 0 Å². The van der Waals surface area contributed by atoms with Gasteiger partial charge in [-0.05, 0) is 51.1 Å². The number of ether oxygens (including phenoxy) is 1. The molecule has 1 heterocycles. The van der Waals surface area contributed by atoms with Gasteiger partial charge in [0.1, 0.15) is 10.8 Å². The molecule has 164 valence electrons. The molecular formula is C22H20F3NO3S2. The Morgan fingerprint density at radius 2 is 1.84 bits per heavy atom. The Hall–Kier alpha value is -2.52. The molecule has 0 aliphatic rings. The molecular weight excluding hydrogens is 447 g/mol. The number of carboxylic acid groups (broad SMARTS) is 1. The van der Waals surface area contributed by atoms with E-state index in [4.69, 9.17) is 4.74 Å². The lowest BCUT2D eigenvalue weighted by molar-refractivity contribution is -0.152. The van der Waals surface area contributed by atoms with Crippen LogP contribution in [0.4, 0.5) is 13.2 Å². The molecule has 0 saturated carbocycles. The molecule has 3 rings (SSSR count). The monoisotopic (exact) mass is 467 g/mol. The second-order valence-electron chi connectivity index (χ2n) is 7.28. The molecule has 4 nitrogen and oxygen atoms in total. The van der Waals surface area contributed by atoms with Crippen LogP contribution in [0, 0.1) is 6.92 Å². The summed E-state index contributed by atoms with van der Waals surface area (Å²) in [5.74, 6) is 0.0288. The van der Waals surface area contributed by atoms with Crippen LogP contribution < -0.4 is 4.74 Å². The smallest absolute Gasteiger partial charge is 0.416 e. The number of hydrogen-bond donors (Lipinski definition) is 1. The van der Waals surface area contributed by atoms with E-state index < -0.39 is 23.3 Å². The number of aryl methyl sites for hydroxylation is 1. The quantitative estimate of drug-likeness (QED) is 0.393. The van der Waals surface area contributed by atoms with Crippen molar-refractivity contribution in [3.63, 3.8) is 0 Å². The zero-order valence-corrected chi connectivity index (χ0v) is 18.6. The Morgan fingerprint density at radius 3 is 2.45 bits per heavy atom. The third kappa shape index (κ3) is 5.80. The van der Waals surface area contributed by atoms with Crippen LogP contribution in [0.3, 0.4) is 0 Å². The minimum atomic E-state index is -4.36. The SMILES string of the molecule is Cc1nc(-c2ccc(C(F)(F)F)cc2)sc1CSc1cccc(OC(C)(C)C(=O)O)c1. The molecule has 3 aromatic rings. The molecule has 0 saturated heterocycles. The zero-order chi connectivity index (χ0) is 22.8. The number of carboxylic acids is 1. The maximum atomic E-state index is 12.8. The average molecular weight is 468 g/mol. The summed E-state index contributed by atoms with van der Waals surface area (Å²) < 4.78 is 43.8. The average Bonchev–Trinajstić information content (AvgIpc) is 3.06. The fourth-order valence-electron chi connectivity index (χ4n) is 2.60. The molecule has 0 atom stereocenters. The number of rotatable bonds is 7. The molecule has 0 spiro atoms. The molecule has 0 fully saturated rings. The minimum absolute atomic E-state index is 0.462. The lowest BCUT2D eigenvalue weighted by Crippen LogP contribution is -2.37. The van der Waals surface area contributed by atoms with Crippen LogP contribution in [-0.2, 0) is 16.7 Å². The van der Waals surface area contributed by atoms with E-state index in [2.05, 4.69) is 4.98 Å². The van der Waals surface area contributed by atoms with Crippen molar-refractivity contribution in [2.24, 2.45) is 0 Å². The molecule has 0 amide bonds. The second kappa shape index (κ2) is 8.92. The highest BCUT2D eigenvalue weighted by atomic mass is 32.2. The number of hydrogen-bond acceptors (Lipinski definition) is 5. The molecule has 0 aliphatic carbocycles. The van der Waals surface area contributed by atoms with Crippen molar-refractivity contribution < 1.29 is 27.8 Å². The first-order valence-corrected chi connectivity index (χ1v) is 11.0. The predicted octanol–water partition coefficient (Wildman–Crippen LogP) is 6.67. The van der Waals surface area contributed by atoms with Gasteiger partial charge in [-0.25, -0.2) is 9.78 Å². The molecule has 0 aliphatic heterocycles. The van der Waals surface area contributed by atoms with Crippen molar-refractivity contribution in [1.82, 2.24) is 4.98 Å². The first kappa shape index (κ1) is 23.1. The van der Waals surface area contributed by atoms with Gasteiger partial charge in [0.05, 0.1) is 11.3 Å². The maximum absolute atomic E-state index is 12.8. The Bertz CT molecular complexity index is 1080. The van der Waals surface area contributed by atoms with Crippen molar-refractivity contribution in [3.8, 4) is 16.3 Å². The Labute approximate surface area is 186 Å². The first-order chi connectivity index (χ1) is 14.5. The summed E-state index contributed by atoms with van der Waals surface area (Å²) in [6, 6.07) is 12.2. The van der Waals surface area contributed by atoms with E-state index in [1.54, 1.807) is 30.0 Å². The van der Waals surface area contributed by atoms with Gasteiger partial charge in [-0.15, -0.1) is 23.1 Å². The summed E-state index contributed by atoms with van der Waals surface area (Å²) in [5.41, 5.74) is -0.558. The molecule has 0 unspecified atom stereocenters. The summed E-state index contributed by atoms with van der Waals surface area (Å²) in [5, 5.41) is 9.88. The molecule has 9 heteroatoms. The lowest BCUT2D eigenvalue weighted by atomic mass is 10.1. The molecule has 1 N–H and O–H groups in total. The third-order valence-corrected chi connectivity index (χ3v) is 6.82. The van der Waals surface area contributed by atoms with Crippen LogP contribution in [-0.4, -0.2) is 21.7 Å². The largest absolute Gasteiger partial charge is 0.478 e. The number of thioether (sulfide) groups is 1. The molecule has 0 radical (unpaired) electrons. The van der Waals surface area contributed by atoms with E-state index in [0.717, 1.165) is 27.6 Å². The fourth-order valence-corrected chi connectivity index (χ4v) is 4.76. The highest BCUT2D eigenvalue weighted by molar-refractivity contribution is 7.98. The van der Waals surface area contributed by atoms with E-state index >= 15 is 0 Å². The lowest BCUT2D eigenvalue weighted by Gasteiger charge is -2.21. The molecule has 2 aromatic carbocycles. The van der Waals surface area contributed by atoms with E-state index in [1.807, 2.05) is 13.0 Å². The first-order valence-electron chi connectivity index (χ1n) is 9.25. The molecule has 31 heavy (non-hydrogen) atoms. The van der Waals surface area contributed by atoms with Gasteiger partial charge in [-0.1, -0.05) is 18.2 Å². The van der Waals surface area contributed by atoms with Gasteiger partial charge in [-0.3, -0.25) is 0 Å². The Kier molecular flexibility index (Phi) is 6.66. The van der Waals surface area contributed by atoms with Crippen LogP contribution in [0.15, 0.2) is 53.4 Å². The number of benzene rings is 2. The number of thiazole rings is 1. The van der Waals surface area contributed by atoms with Gasteiger partial charge in [-0.2, -0.15) is 13.2 Å². The van der Waals surface area contributed by atoms with Crippen molar-refractivity contribution in [3.05, 3.63) is 64.7 Å². The summed E-state index contributed by atoms with van der Waals surface area (Å²) in [6.45, 7) is 4.84. The summed E-state index contributed by atoms with van der Waals surface area (Å²) in [4.78, 5) is 17.7. The van der Waals surface area contributed by atoms with Crippen molar-refractivity contribution in [2.45, 2.75) is 43.2 Å². The van der Waals surface area contributed by atoms with Crippen LogP contribution in [0.5, 0.6) is 5.75 Å². The van der Waals surface area contributed by atoms with E-state index in [9.17, 15) is 23.1 Å². The molecule has 1 aromatic heterocycles. The fraction of sp³-hybridized carbons (Fsp3) is 0.273. The summed E-state index contributed by atoms with van der Waals surface area (Å²) in [6.07, 6.45) is -4.36. The highest BCUT2D eigenvalue weighted by Crippen LogP contribution is 2.35. The normalized spacial score (nSPS) is 12.1. The van der Waals surface area contributed by atoms with Crippen LogP contribution >= 0.6 is 23.1 Å². The number of aromatic nitrogens is 1. The van der Waals surface area contributed by atoms with Crippen LogP contribution in [0.2, 0.25) is 0 Å². The third-order valence-electron chi connectivity index (χ3n) is 4.42. The van der Waals surface area contributed by atoms with E-state index in [1.165, 1.54) is 37.3 Å². The topological polar surface area (TPSA) is 59.4 Å². The van der Waals surface area contributed by atoms with Gasteiger partial charge in [0.2, 0.25) is 0 Å². The zero-order valence-electron chi connectivity index (χ0n) is 17.0. The van der Waals surface area contributed by atoms with Gasteiger partial charge in [0.15, 0.2) is 5.60 Å². The highest BCUT2D eigenvalue weighted by Gasteiger charge is 2.30. The summed E-state index contributed by atoms with van der Waals surface area (Å²) >= 11 is 2.99. The number of aliphatic carboxylic acids is 1. The van der Waals surface area contributed by atoms with Crippen molar-refractivity contribution >= 4 is 29.1 Å². The van der Waals surface area contributed by atoms with Crippen LogP contribution in [0.1, 0.15) is 30.0 Å². The van der Waals surface area contributed by atoms with Gasteiger partial charge in [0, 0.05) is 21.1 Å². The minimum Gasteiger partial charge on any atom is -0.478 e. The van der Waals surface area contributed by atoms with Crippen molar-refractivity contribution in [1.29, 1.82) is 0 Å². The van der Waals surface area contributed by atoms with Crippen molar-refractivity contribution in [2.75, 3.05) is 0 Å². The number of nitrogens with zero attached hydrogens (tertiary/aromatic N) is 1. The standard InChI is InChI=1S/C22H20F3NO3S2/c1-13-18(31-19(26-13)14-7-9-15(10-8-14)22(23,24)25)12-30-17-6-4-5-16(11-17)29-21(2,3)20(27)28/h4-11H,12H2,1-3H3,(H,27,28). The summed E-state index contributed by atoms with van der Waals surface area (Å²) in [7, 11) is 0. The van der Waals surface area contributed by atoms with Gasteiger partial charge < -0.3 is 9.84 Å². The Balaban J connectivity index is 1.70. The molecule has 0 bridgehead atoms. The van der Waals surface area contributed by atoms with Gasteiger partial charge in [0.25, 0.3) is 0 Å². The predicted molar refractivity (Wildman–Crippen MR) is 116 cm³/mol.